The van der Waals surface area contributed by atoms with Crippen LogP contribution in [0, 0.1) is 0 Å². The smallest absolute Gasteiger partial charge is 0.226 e. The molecule has 2 aromatic rings. The lowest BCUT2D eigenvalue weighted by Crippen LogP contribution is -2.45. The van der Waals surface area contributed by atoms with Crippen LogP contribution in [0.3, 0.4) is 0 Å². The standard InChI is InChI=1S/C17H21ClN4O2/c1-21-6-8-22(9-7-21)16-4-2-3-15(18)14(16)12-19-17(23)11-13-5-10-24-20-13/h2-5,10H,6-9,11-12H2,1H3,(H,19,23). The molecule has 1 saturated heterocycles. The van der Waals surface area contributed by atoms with Gasteiger partial charge in [-0.3, -0.25) is 4.79 Å². The third-order valence-corrected chi connectivity index (χ3v) is 4.59. The topological polar surface area (TPSA) is 61.6 Å². The van der Waals surface area contributed by atoms with Crippen molar-refractivity contribution in [3.05, 3.63) is 46.8 Å². The molecule has 1 fully saturated rings. The van der Waals surface area contributed by atoms with Gasteiger partial charge in [0.05, 0.1) is 12.1 Å². The molecule has 0 spiro atoms. The van der Waals surface area contributed by atoms with Crippen LogP contribution in [0.4, 0.5) is 5.69 Å². The first-order valence-corrected chi connectivity index (χ1v) is 8.38. The molecule has 0 aliphatic carbocycles. The fourth-order valence-corrected chi connectivity index (χ4v) is 3.04. The number of halogens is 1. The van der Waals surface area contributed by atoms with Gasteiger partial charge in [0.1, 0.15) is 6.26 Å². The van der Waals surface area contributed by atoms with Gasteiger partial charge in [-0.2, -0.15) is 0 Å². The van der Waals surface area contributed by atoms with Gasteiger partial charge in [-0.05, 0) is 19.2 Å². The summed E-state index contributed by atoms with van der Waals surface area (Å²) in [5.41, 5.74) is 2.67. The van der Waals surface area contributed by atoms with Gasteiger partial charge in [0.2, 0.25) is 5.91 Å². The number of benzene rings is 1. The summed E-state index contributed by atoms with van der Waals surface area (Å²) in [7, 11) is 2.13. The number of aromatic nitrogens is 1. The van der Waals surface area contributed by atoms with Crippen molar-refractivity contribution < 1.29 is 9.32 Å². The molecule has 1 amide bonds. The van der Waals surface area contributed by atoms with Crippen LogP contribution in [0.5, 0.6) is 0 Å². The summed E-state index contributed by atoms with van der Waals surface area (Å²) >= 11 is 6.39. The molecule has 1 aliphatic rings. The van der Waals surface area contributed by atoms with E-state index in [0.29, 0.717) is 17.3 Å². The van der Waals surface area contributed by atoms with Crippen molar-refractivity contribution in [3.8, 4) is 0 Å². The van der Waals surface area contributed by atoms with Crippen LogP contribution >= 0.6 is 11.6 Å². The number of carbonyl (C=O) groups excluding carboxylic acids is 1. The molecule has 0 atom stereocenters. The van der Waals surface area contributed by atoms with E-state index in [-0.39, 0.29) is 12.3 Å². The summed E-state index contributed by atoms with van der Waals surface area (Å²) in [4.78, 5) is 16.7. The normalized spacial score (nSPS) is 15.5. The number of likely N-dealkylation sites (N-methyl/N-ethyl adjacent to an activating group) is 1. The number of nitrogens with zero attached hydrogens (tertiary/aromatic N) is 3. The molecule has 3 rings (SSSR count). The molecule has 1 N–H and O–H groups in total. The second kappa shape index (κ2) is 7.68. The molecule has 128 valence electrons. The number of rotatable bonds is 5. The molecule has 0 unspecified atom stereocenters. The Morgan fingerprint density at radius 1 is 1.29 bits per heavy atom. The van der Waals surface area contributed by atoms with Crippen molar-refractivity contribution in [1.82, 2.24) is 15.4 Å². The molecule has 0 radical (unpaired) electrons. The zero-order chi connectivity index (χ0) is 16.9. The van der Waals surface area contributed by atoms with Crippen molar-refractivity contribution in [3.63, 3.8) is 0 Å². The van der Waals surface area contributed by atoms with E-state index in [1.54, 1.807) is 6.07 Å². The van der Waals surface area contributed by atoms with Crippen molar-refractivity contribution in [2.45, 2.75) is 13.0 Å². The van der Waals surface area contributed by atoms with Gasteiger partial charge in [-0.15, -0.1) is 0 Å². The number of carbonyl (C=O) groups is 1. The van der Waals surface area contributed by atoms with Gasteiger partial charge in [-0.1, -0.05) is 22.8 Å². The average Bonchev–Trinajstić information content (AvgIpc) is 3.07. The molecule has 24 heavy (non-hydrogen) atoms. The Kier molecular flexibility index (Phi) is 5.37. The van der Waals surface area contributed by atoms with E-state index in [4.69, 9.17) is 16.1 Å². The van der Waals surface area contributed by atoms with Crippen LogP contribution < -0.4 is 10.2 Å². The first kappa shape index (κ1) is 16.8. The molecular weight excluding hydrogens is 328 g/mol. The fraction of sp³-hybridized carbons (Fsp3) is 0.412. The summed E-state index contributed by atoms with van der Waals surface area (Å²) < 4.78 is 4.74. The van der Waals surface area contributed by atoms with E-state index in [1.165, 1.54) is 6.26 Å². The van der Waals surface area contributed by atoms with Crippen LogP contribution in [-0.4, -0.2) is 49.2 Å². The highest BCUT2D eigenvalue weighted by atomic mass is 35.5. The van der Waals surface area contributed by atoms with Gasteiger partial charge in [-0.25, -0.2) is 0 Å². The number of hydrogen-bond acceptors (Lipinski definition) is 5. The monoisotopic (exact) mass is 348 g/mol. The number of hydrogen-bond donors (Lipinski definition) is 1. The minimum Gasteiger partial charge on any atom is -0.369 e. The maximum Gasteiger partial charge on any atom is 0.226 e. The Balaban J connectivity index is 1.67. The molecule has 6 nitrogen and oxygen atoms in total. The molecular formula is C17H21ClN4O2. The first-order valence-electron chi connectivity index (χ1n) is 8.00. The number of amides is 1. The SMILES string of the molecule is CN1CCN(c2cccc(Cl)c2CNC(=O)Cc2ccon2)CC1. The quantitative estimate of drug-likeness (QED) is 0.894. The van der Waals surface area contributed by atoms with Crippen molar-refractivity contribution in [1.29, 1.82) is 0 Å². The number of nitrogens with one attached hydrogen (secondary N) is 1. The lowest BCUT2D eigenvalue weighted by Gasteiger charge is -2.35. The summed E-state index contributed by atoms with van der Waals surface area (Å²) in [6, 6.07) is 7.57. The van der Waals surface area contributed by atoms with Crippen molar-refractivity contribution >= 4 is 23.2 Å². The highest BCUT2D eigenvalue weighted by molar-refractivity contribution is 6.31. The zero-order valence-electron chi connectivity index (χ0n) is 13.7. The molecule has 7 heteroatoms. The first-order chi connectivity index (χ1) is 11.6. The summed E-state index contributed by atoms with van der Waals surface area (Å²) in [5, 5.41) is 7.35. The largest absolute Gasteiger partial charge is 0.369 e. The van der Waals surface area contributed by atoms with Crippen molar-refractivity contribution in [2.75, 3.05) is 38.1 Å². The van der Waals surface area contributed by atoms with Crippen LogP contribution in [-0.2, 0) is 17.8 Å². The van der Waals surface area contributed by atoms with Crippen LogP contribution in [0.1, 0.15) is 11.3 Å². The second-order valence-electron chi connectivity index (χ2n) is 5.97. The van der Waals surface area contributed by atoms with Gasteiger partial charge in [0, 0.05) is 55.1 Å². The van der Waals surface area contributed by atoms with Crippen LogP contribution in [0.2, 0.25) is 5.02 Å². The molecule has 1 aromatic heterocycles. The Bertz CT molecular complexity index is 682. The van der Waals surface area contributed by atoms with E-state index in [0.717, 1.165) is 37.4 Å². The highest BCUT2D eigenvalue weighted by Gasteiger charge is 2.19. The molecule has 2 heterocycles. The van der Waals surface area contributed by atoms with Gasteiger partial charge < -0.3 is 19.6 Å². The number of piperazine rings is 1. The summed E-state index contributed by atoms with van der Waals surface area (Å²) in [6.07, 6.45) is 1.66. The Hall–Kier alpha value is -2.05. The van der Waals surface area contributed by atoms with Crippen LogP contribution in [0.15, 0.2) is 35.1 Å². The van der Waals surface area contributed by atoms with Crippen molar-refractivity contribution in [2.24, 2.45) is 0 Å². The summed E-state index contributed by atoms with van der Waals surface area (Å²) in [6.45, 7) is 4.35. The summed E-state index contributed by atoms with van der Waals surface area (Å²) in [5.74, 6) is -0.104. The minimum absolute atomic E-state index is 0.104. The van der Waals surface area contributed by atoms with Gasteiger partial charge >= 0.3 is 0 Å². The highest BCUT2D eigenvalue weighted by Crippen LogP contribution is 2.28. The van der Waals surface area contributed by atoms with E-state index >= 15 is 0 Å². The molecule has 1 aromatic carbocycles. The fourth-order valence-electron chi connectivity index (χ4n) is 2.81. The van der Waals surface area contributed by atoms with Gasteiger partial charge in [0.25, 0.3) is 0 Å². The van der Waals surface area contributed by atoms with E-state index in [1.807, 2.05) is 12.1 Å². The number of anilines is 1. The molecule has 1 aliphatic heterocycles. The maximum atomic E-state index is 12.1. The second-order valence-corrected chi connectivity index (χ2v) is 6.38. The predicted octanol–water partition coefficient (Wildman–Crippen LogP) is 1.94. The van der Waals surface area contributed by atoms with E-state index < -0.39 is 0 Å². The lowest BCUT2D eigenvalue weighted by atomic mass is 10.1. The molecule has 0 saturated carbocycles. The third-order valence-electron chi connectivity index (χ3n) is 4.23. The maximum absolute atomic E-state index is 12.1. The Morgan fingerprint density at radius 2 is 2.08 bits per heavy atom. The van der Waals surface area contributed by atoms with E-state index in [9.17, 15) is 4.79 Å². The molecule has 0 bridgehead atoms. The lowest BCUT2D eigenvalue weighted by molar-refractivity contribution is -0.120. The van der Waals surface area contributed by atoms with Gasteiger partial charge in [0.15, 0.2) is 0 Å². The third kappa shape index (κ3) is 4.07. The average molecular weight is 349 g/mol. The minimum atomic E-state index is -0.104. The zero-order valence-corrected chi connectivity index (χ0v) is 14.4. The Labute approximate surface area is 146 Å². The Morgan fingerprint density at radius 3 is 2.79 bits per heavy atom. The van der Waals surface area contributed by atoms with E-state index in [2.05, 4.69) is 33.4 Å². The van der Waals surface area contributed by atoms with Crippen LogP contribution in [0.25, 0.3) is 0 Å². The predicted molar refractivity (Wildman–Crippen MR) is 93.2 cm³/mol.